The number of hydrogen-bond acceptors (Lipinski definition) is 2. The Bertz CT molecular complexity index is 889. The van der Waals surface area contributed by atoms with Gasteiger partial charge in [-0.25, -0.2) is 0 Å². The summed E-state index contributed by atoms with van der Waals surface area (Å²) in [6.07, 6.45) is 1.78. The Morgan fingerprint density at radius 1 is 0.792 bits per heavy atom. The largest absolute Gasteiger partial charge is 0.466 e. The first kappa shape index (κ1) is 14.9. The van der Waals surface area contributed by atoms with Crippen molar-refractivity contribution in [1.29, 1.82) is 0 Å². The van der Waals surface area contributed by atoms with Crippen LogP contribution in [-0.4, -0.2) is 0 Å². The van der Waals surface area contributed by atoms with Gasteiger partial charge in [-0.15, -0.1) is 0 Å². The van der Waals surface area contributed by atoms with Gasteiger partial charge in [0.25, 0.3) is 0 Å². The highest BCUT2D eigenvalue weighted by Gasteiger charge is 2.23. The molecule has 0 spiro atoms. The van der Waals surface area contributed by atoms with Crippen molar-refractivity contribution >= 4 is 29.1 Å². The van der Waals surface area contributed by atoms with Crippen LogP contribution in [0.4, 0.5) is 5.69 Å². The molecule has 4 rings (SSSR count). The van der Waals surface area contributed by atoms with Gasteiger partial charge in [-0.3, -0.25) is 0 Å². The monoisotopic (exact) mass is 333 g/mol. The van der Waals surface area contributed by atoms with Gasteiger partial charge in [0.2, 0.25) is 0 Å². The maximum absolute atomic E-state index is 6.35. The van der Waals surface area contributed by atoms with Crippen molar-refractivity contribution in [2.24, 2.45) is 0 Å². The smallest absolute Gasteiger partial charge is 0.197 e. The highest BCUT2D eigenvalue weighted by atomic mass is 35.5. The summed E-state index contributed by atoms with van der Waals surface area (Å²) in [5.41, 5.74) is 4.15. The summed E-state index contributed by atoms with van der Waals surface area (Å²) < 4.78 is 6.25. The highest BCUT2D eigenvalue weighted by Crippen LogP contribution is 2.37. The molecule has 0 fully saturated rings. The van der Waals surface area contributed by atoms with E-state index in [2.05, 4.69) is 17.4 Å². The summed E-state index contributed by atoms with van der Waals surface area (Å²) in [7, 11) is 0. The van der Waals surface area contributed by atoms with Crippen molar-refractivity contribution in [2.75, 3.05) is 5.32 Å². The first-order chi connectivity index (χ1) is 11.8. The molecule has 0 radical (unpaired) electrons. The van der Waals surface area contributed by atoms with Gasteiger partial charge in [0.05, 0.1) is 5.02 Å². The molecule has 24 heavy (non-hydrogen) atoms. The molecular formula is C21H16ClNO. The minimum Gasteiger partial charge on any atom is -0.466 e. The SMILES string of the molecule is Clc1ccccc1C1=Cc2ccccc2C(Nc2ccccc2)O1. The number of anilines is 1. The number of rotatable bonds is 3. The minimum atomic E-state index is -0.264. The number of hydrogen-bond donors (Lipinski definition) is 1. The quantitative estimate of drug-likeness (QED) is 0.636. The average Bonchev–Trinajstić information content (AvgIpc) is 2.63. The maximum Gasteiger partial charge on any atom is 0.197 e. The van der Waals surface area contributed by atoms with Crippen LogP contribution >= 0.6 is 11.6 Å². The molecule has 0 aromatic heterocycles. The fourth-order valence-corrected chi connectivity index (χ4v) is 3.07. The molecule has 1 heterocycles. The fraction of sp³-hybridized carbons (Fsp3) is 0.0476. The molecule has 1 atom stereocenters. The first-order valence-corrected chi connectivity index (χ1v) is 8.23. The van der Waals surface area contributed by atoms with Crippen molar-refractivity contribution in [2.45, 2.75) is 6.23 Å². The Kier molecular flexibility index (Phi) is 3.97. The molecule has 1 aliphatic heterocycles. The van der Waals surface area contributed by atoms with Gasteiger partial charge in [-0.05, 0) is 35.9 Å². The van der Waals surface area contributed by atoms with Gasteiger partial charge in [-0.2, -0.15) is 0 Å². The van der Waals surface area contributed by atoms with Crippen LogP contribution in [0, 0.1) is 0 Å². The lowest BCUT2D eigenvalue weighted by Gasteiger charge is -2.29. The molecule has 1 aliphatic rings. The van der Waals surface area contributed by atoms with Crippen LogP contribution in [0.5, 0.6) is 0 Å². The molecule has 3 aromatic rings. The van der Waals surface area contributed by atoms with Crippen molar-refractivity contribution in [3.05, 3.63) is 101 Å². The van der Waals surface area contributed by atoms with Crippen LogP contribution in [0.3, 0.4) is 0 Å². The van der Waals surface area contributed by atoms with Crippen LogP contribution in [0.2, 0.25) is 5.02 Å². The average molecular weight is 334 g/mol. The van der Waals surface area contributed by atoms with Gasteiger partial charge in [0.1, 0.15) is 5.76 Å². The van der Waals surface area contributed by atoms with Gasteiger partial charge in [-0.1, -0.05) is 66.2 Å². The van der Waals surface area contributed by atoms with Crippen LogP contribution in [0.25, 0.3) is 11.8 Å². The van der Waals surface area contributed by atoms with Crippen LogP contribution in [-0.2, 0) is 4.74 Å². The number of nitrogens with one attached hydrogen (secondary N) is 1. The number of para-hydroxylation sites is 1. The second kappa shape index (κ2) is 6.42. The predicted octanol–water partition coefficient (Wildman–Crippen LogP) is 5.98. The lowest BCUT2D eigenvalue weighted by Crippen LogP contribution is -2.18. The van der Waals surface area contributed by atoms with E-state index in [1.165, 1.54) is 0 Å². The topological polar surface area (TPSA) is 21.3 Å². The number of halogens is 1. The molecule has 3 heteroatoms. The molecule has 0 saturated carbocycles. The second-order valence-electron chi connectivity index (χ2n) is 5.63. The number of fused-ring (bicyclic) bond motifs is 1. The molecule has 0 bridgehead atoms. The zero-order chi connectivity index (χ0) is 16.4. The molecule has 1 unspecified atom stereocenters. The summed E-state index contributed by atoms with van der Waals surface area (Å²) >= 11 is 6.35. The lowest BCUT2D eigenvalue weighted by molar-refractivity contribution is 0.194. The van der Waals surface area contributed by atoms with E-state index in [4.69, 9.17) is 16.3 Å². The molecular weight excluding hydrogens is 318 g/mol. The van der Waals surface area contributed by atoms with Crippen molar-refractivity contribution in [3.8, 4) is 0 Å². The van der Waals surface area contributed by atoms with Gasteiger partial charge >= 0.3 is 0 Å². The highest BCUT2D eigenvalue weighted by molar-refractivity contribution is 6.32. The van der Waals surface area contributed by atoms with E-state index in [-0.39, 0.29) is 6.23 Å². The van der Waals surface area contributed by atoms with Crippen molar-refractivity contribution < 1.29 is 4.74 Å². The Balaban J connectivity index is 1.74. The molecule has 2 nitrogen and oxygen atoms in total. The Labute approximate surface area is 146 Å². The molecule has 3 aromatic carbocycles. The van der Waals surface area contributed by atoms with Gasteiger partial charge in [0, 0.05) is 16.8 Å². The second-order valence-corrected chi connectivity index (χ2v) is 6.03. The van der Waals surface area contributed by atoms with E-state index in [0.29, 0.717) is 5.02 Å². The minimum absolute atomic E-state index is 0.264. The number of ether oxygens (including phenoxy) is 1. The standard InChI is InChI=1S/C21H16ClNO/c22-19-13-7-6-12-18(19)20-14-15-8-4-5-11-17(15)21(24-20)23-16-9-2-1-3-10-16/h1-14,21,23H. The molecule has 0 aliphatic carbocycles. The third-order valence-corrected chi connectivity index (χ3v) is 4.35. The van der Waals surface area contributed by atoms with Gasteiger partial charge < -0.3 is 10.1 Å². The maximum atomic E-state index is 6.35. The Hall–Kier alpha value is -2.71. The van der Waals surface area contributed by atoms with Crippen molar-refractivity contribution in [1.82, 2.24) is 0 Å². The fourth-order valence-electron chi connectivity index (χ4n) is 2.84. The third kappa shape index (κ3) is 2.89. The summed E-state index contributed by atoms with van der Waals surface area (Å²) in [6.45, 7) is 0. The lowest BCUT2D eigenvalue weighted by atomic mass is 10.0. The van der Waals surface area contributed by atoms with E-state index in [0.717, 1.165) is 28.1 Å². The molecule has 1 N–H and O–H groups in total. The molecule has 0 saturated heterocycles. The number of benzene rings is 3. The zero-order valence-electron chi connectivity index (χ0n) is 12.9. The van der Waals surface area contributed by atoms with E-state index in [1.807, 2.05) is 72.8 Å². The van der Waals surface area contributed by atoms with E-state index < -0.39 is 0 Å². The van der Waals surface area contributed by atoms with Gasteiger partial charge in [0.15, 0.2) is 6.23 Å². The molecule has 118 valence electrons. The Morgan fingerprint density at radius 3 is 2.33 bits per heavy atom. The summed E-state index contributed by atoms with van der Waals surface area (Å²) in [6, 6.07) is 26.0. The summed E-state index contributed by atoms with van der Waals surface area (Å²) in [5.74, 6) is 0.771. The summed E-state index contributed by atoms with van der Waals surface area (Å²) in [4.78, 5) is 0. The van der Waals surface area contributed by atoms with Crippen LogP contribution in [0.1, 0.15) is 22.9 Å². The van der Waals surface area contributed by atoms with Crippen molar-refractivity contribution in [3.63, 3.8) is 0 Å². The zero-order valence-corrected chi connectivity index (χ0v) is 13.7. The Morgan fingerprint density at radius 2 is 1.50 bits per heavy atom. The van der Waals surface area contributed by atoms with E-state index in [1.54, 1.807) is 0 Å². The van der Waals surface area contributed by atoms with Crippen LogP contribution < -0.4 is 5.32 Å². The predicted molar refractivity (Wildman–Crippen MR) is 99.7 cm³/mol. The van der Waals surface area contributed by atoms with E-state index in [9.17, 15) is 0 Å². The third-order valence-electron chi connectivity index (χ3n) is 4.02. The van der Waals surface area contributed by atoms with Crippen LogP contribution in [0.15, 0.2) is 78.9 Å². The normalized spacial score (nSPS) is 15.9. The molecule has 0 amide bonds. The summed E-state index contributed by atoms with van der Waals surface area (Å²) in [5, 5.41) is 4.13. The van der Waals surface area contributed by atoms with E-state index >= 15 is 0 Å². The first-order valence-electron chi connectivity index (χ1n) is 7.85.